The topological polar surface area (TPSA) is 78.6 Å². The van der Waals surface area contributed by atoms with Gasteiger partial charge in [-0.2, -0.15) is 0 Å². The normalized spacial score (nSPS) is 14.0. The van der Waals surface area contributed by atoms with Crippen LogP contribution in [-0.2, 0) is 0 Å². The molecule has 3 rings (SSSR count). The predicted molar refractivity (Wildman–Crippen MR) is 83.9 cm³/mol. The molecule has 2 amide bonds. The van der Waals surface area contributed by atoms with Gasteiger partial charge in [0.15, 0.2) is 11.5 Å². The first-order valence-electron chi connectivity index (χ1n) is 7.39. The number of anilines is 1. The Kier molecular flexibility index (Phi) is 4.11. The van der Waals surface area contributed by atoms with E-state index in [0.29, 0.717) is 18.2 Å². The average Bonchev–Trinajstić information content (AvgIpc) is 3.27. The Morgan fingerprint density at radius 3 is 3.05 bits per heavy atom. The Hall–Kier alpha value is -2.34. The molecule has 1 aliphatic carbocycles. The van der Waals surface area contributed by atoms with Gasteiger partial charge < -0.3 is 19.7 Å². The number of oxazole rings is 1. The van der Waals surface area contributed by atoms with Crippen LogP contribution in [0.3, 0.4) is 0 Å². The van der Waals surface area contributed by atoms with E-state index in [1.807, 2.05) is 6.07 Å². The summed E-state index contributed by atoms with van der Waals surface area (Å²) in [4.78, 5) is 18.1. The van der Waals surface area contributed by atoms with E-state index >= 15 is 0 Å². The molecule has 6 heteroatoms. The van der Waals surface area contributed by atoms with Crippen LogP contribution in [0.1, 0.15) is 24.7 Å². The molecule has 0 unspecified atom stereocenters. The number of hydrogen-bond acceptors (Lipinski definition) is 4. The highest BCUT2D eigenvalue weighted by molar-refractivity contribution is 5.91. The van der Waals surface area contributed by atoms with Crippen molar-refractivity contribution in [3.05, 3.63) is 36.7 Å². The number of hydrogen-bond donors (Lipinski definition) is 2. The fraction of sp³-hybridized carbons (Fsp3) is 0.375. The number of rotatable bonds is 6. The van der Waals surface area contributed by atoms with E-state index in [1.165, 1.54) is 4.90 Å². The van der Waals surface area contributed by atoms with E-state index < -0.39 is 0 Å². The summed E-state index contributed by atoms with van der Waals surface area (Å²) >= 11 is 0. The number of carbonyl (C=O) groups is 1. The van der Waals surface area contributed by atoms with E-state index in [0.717, 1.165) is 29.8 Å². The number of carbonyl (C=O) groups excluding carboxylic acids is 1. The second-order valence-corrected chi connectivity index (χ2v) is 5.40. The highest BCUT2D eigenvalue weighted by atomic mass is 16.3. The number of aromatic nitrogens is 1. The zero-order valence-corrected chi connectivity index (χ0v) is 12.3. The molecule has 1 saturated carbocycles. The van der Waals surface area contributed by atoms with Gasteiger partial charge in [-0.05, 0) is 31.0 Å². The highest BCUT2D eigenvalue weighted by Gasteiger charge is 2.28. The summed E-state index contributed by atoms with van der Waals surface area (Å²) in [5.74, 6) is 1.24. The van der Waals surface area contributed by atoms with Crippen LogP contribution in [0.25, 0.3) is 11.1 Å². The molecule has 0 bridgehead atoms. The van der Waals surface area contributed by atoms with Gasteiger partial charge >= 0.3 is 6.03 Å². The summed E-state index contributed by atoms with van der Waals surface area (Å²) in [5, 5.41) is 11.8. The molecule has 1 aliphatic rings. The Morgan fingerprint density at radius 1 is 1.55 bits per heavy atom. The van der Waals surface area contributed by atoms with Gasteiger partial charge in [0, 0.05) is 24.7 Å². The minimum absolute atomic E-state index is 0.0890. The lowest BCUT2D eigenvalue weighted by Crippen LogP contribution is -2.37. The number of nitrogens with zero attached hydrogens (tertiary/aromatic N) is 2. The van der Waals surface area contributed by atoms with Crippen molar-refractivity contribution in [2.45, 2.75) is 18.8 Å². The molecule has 1 heterocycles. The number of nitrogens with one attached hydrogen (secondary N) is 1. The first-order chi connectivity index (χ1) is 10.7. The quantitative estimate of drug-likeness (QED) is 0.804. The minimum Gasteiger partial charge on any atom is -0.440 e. The van der Waals surface area contributed by atoms with E-state index in [2.05, 4.69) is 16.9 Å². The van der Waals surface area contributed by atoms with Gasteiger partial charge in [0.25, 0.3) is 0 Å². The number of aliphatic hydroxyl groups is 1. The maximum atomic E-state index is 12.2. The van der Waals surface area contributed by atoms with E-state index in [4.69, 9.17) is 9.52 Å². The third-order valence-electron chi connectivity index (χ3n) is 3.59. The molecule has 2 N–H and O–H groups in total. The third kappa shape index (κ3) is 3.12. The van der Waals surface area contributed by atoms with Crippen LogP contribution in [0.5, 0.6) is 0 Å². The average molecular weight is 301 g/mol. The standard InChI is InChI=1S/C16H19N3O3/c1-2-7-19(8-9-20)16(21)17-12-5-6-14-13(10-12)18-15(22-14)11-3-4-11/h2,5-6,10-11,20H,1,3-4,7-9H2,(H,17,21). The van der Waals surface area contributed by atoms with Crippen LogP contribution in [0.4, 0.5) is 10.5 Å². The van der Waals surface area contributed by atoms with Gasteiger partial charge in [0.1, 0.15) is 5.52 Å². The monoisotopic (exact) mass is 301 g/mol. The second kappa shape index (κ2) is 6.19. The maximum absolute atomic E-state index is 12.2. The fourth-order valence-corrected chi connectivity index (χ4v) is 2.28. The smallest absolute Gasteiger partial charge is 0.322 e. The molecule has 0 aliphatic heterocycles. The number of amides is 2. The van der Waals surface area contributed by atoms with Gasteiger partial charge in [-0.15, -0.1) is 6.58 Å². The first-order valence-corrected chi connectivity index (χ1v) is 7.39. The van der Waals surface area contributed by atoms with E-state index in [1.54, 1.807) is 18.2 Å². The fourth-order valence-electron chi connectivity index (χ4n) is 2.28. The zero-order valence-electron chi connectivity index (χ0n) is 12.3. The summed E-state index contributed by atoms with van der Waals surface area (Å²) in [6.45, 7) is 4.16. The van der Waals surface area contributed by atoms with Gasteiger partial charge in [0.2, 0.25) is 0 Å². The Labute approximate surface area is 128 Å². The summed E-state index contributed by atoms with van der Waals surface area (Å²) in [6, 6.07) is 5.12. The van der Waals surface area contributed by atoms with Crippen LogP contribution in [0.15, 0.2) is 35.3 Å². The van der Waals surface area contributed by atoms with Crippen LogP contribution in [-0.4, -0.2) is 40.7 Å². The largest absolute Gasteiger partial charge is 0.440 e. The molecule has 0 saturated heterocycles. The third-order valence-corrected chi connectivity index (χ3v) is 3.59. The Balaban J connectivity index is 1.74. The van der Waals surface area contributed by atoms with Crippen molar-refractivity contribution in [2.75, 3.05) is 25.0 Å². The summed E-state index contributed by atoms with van der Waals surface area (Å²) in [6.07, 6.45) is 3.89. The molecular weight excluding hydrogens is 282 g/mol. The van der Waals surface area contributed by atoms with Gasteiger partial charge in [-0.1, -0.05) is 6.08 Å². The highest BCUT2D eigenvalue weighted by Crippen LogP contribution is 2.40. The first kappa shape index (κ1) is 14.6. The SMILES string of the molecule is C=CCN(CCO)C(=O)Nc1ccc2oc(C3CC3)nc2c1. The van der Waals surface area contributed by atoms with Crippen LogP contribution < -0.4 is 5.32 Å². The molecule has 1 aromatic heterocycles. The summed E-state index contributed by atoms with van der Waals surface area (Å²) in [7, 11) is 0. The van der Waals surface area contributed by atoms with Crippen molar-refractivity contribution in [1.82, 2.24) is 9.88 Å². The lowest BCUT2D eigenvalue weighted by molar-refractivity contribution is 0.195. The van der Waals surface area contributed by atoms with Gasteiger partial charge in [0.05, 0.1) is 6.61 Å². The van der Waals surface area contributed by atoms with Crippen molar-refractivity contribution in [1.29, 1.82) is 0 Å². The maximum Gasteiger partial charge on any atom is 0.322 e. The summed E-state index contributed by atoms with van der Waals surface area (Å²) < 4.78 is 5.70. The number of urea groups is 1. The zero-order chi connectivity index (χ0) is 15.5. The van der Waals surface area contributed by atoms with Crippen molar-refractivity contribution in [3.63, 3.8) is 0 Å². The predicted octanol–water partition coefficient (Wildman–Crippen LogP) is 2.72. The van der Waals surface area contributed by atoms with Crippen LogP contribution >= 0.6 is 0 Å². The van der Waals surface area contributed by atoms with Gasteiger partial charge in [-0.25, -0.2) is 9.78 Å². The number of fused-ring (bicyclic) bond motifs is 1. The molecule has 0 radical (unpaired) electrons. The van der Waals surface area contributed by atoms with Crippen LogP contribution in [0, 0.1) is 0 Å². The van der Waals surface area contributed by atoms with Crippen molar-refractivity contribution in [2.24, 2.45) is 0 Å². The lowest BCUT2D eigenvalue weighted by Gasteiger charge is -2.20. The lowest BCUT2D eigenvalue weighted by atomic mass is 10.3. The number of benzene rings is 1. The summed E-state index contributed by atoms with van der Waals surface area (Å²) in [5.41, 5.74) is 2.13. The second-order valence-electron chi connectivity index (χ2n) is 5.40. The van der Waals surface area contributed by atoms with Crippen molar-refractivity contribution in [3.8, 4) is 0 Å². The van der Waals surface area contributed by atoms with E-state index in [-0.39, 0.29) is 19.2 Å². The van der Waals surface area contributed by atoms with Gasteiger partial charge in [-0.3, -0.25) is 0 Å². The van der Waals surface area contributed by atoms with Crippen molar-refractivity contribution < 1.29 is 14.3 Å². The molecule has 6 nitrogen and oxygen atoms in total. The molecule has 116 valence electrons. The Morgan fingerprint density at radius 2 is 2.36 bits per heavy atom. The van der Waals surface area contributed by atoms with Crippen molar-refractivity contribution >= 4 is 22.8 Å². The molecular formula is C16H19N3O3. The number of aliphatic hydroxyl groups excluding tert-OH is 1. The van der Waals surface area contributed by atoms with E-state index in [9.17, 15) is 4.79 Å². The molecule has 0 atom stereocenters. The Bertz CT molecular complexity index is 691. The van der Waals surface area contributed by atoms with Crippen LogP contribution in [0.2, 0.25) is 0 Å². The molecule has 2 aromatic rings. The molecule has 1 aromatic carbocycles. The minimum atomic E-state index is -0.279. The molecule has 22 heavy (non-hydrogen) atoms. The molecule has 0 spiro atoms. The molecule has 1 fully saturated rings.